The number of hydrogen-bond acceptors (Lipinski definition) is 3. The molecule has 1 heterocycles. The van der Waals surface area contributed by atoms with Gasteiger partial charge in [0.1, 0.15) is 6.61 Å². The smallest absolute Gasteiger partial charge is 0.109 e. The van der Waals surface area contributed by atoms with Crippen molar-refractivity contribution in [3.63, 3.8) is 0 Å². The first kappa shape index (κ1) is 20.6. The van der Waals surface area contributed by atoms with Crippen LogP contribution in [0.25, 0.3) is 0 Å². The van der Waals surface area contributed by atoms with E-state index in [0.717, 1.165) is 56.8 Å². The molecule has 1 fully saturated rings. The molecule has 24 heavy (non-hydrogen) atoms. The molecule has 1 saturated heterocycles. The van der Waals surface area contributed by atoms with Crippen molar-refractivity contribution in [2.45, 2.75) is 58.9 Å². The van der Waals surface area contributed by atoms with Gasteiger partial charge in [-0.2, -0.15) is 0 Å². The third kappa shape index (κ3) is 8.97. The molecule has 0 aromatic rings. The first-order valence-electron chi connectivity index (χ1n) is 9.28. The van der Waals surface area contributed by atoms with E-state index in [4.69, 9.17) is 4.74 Å². The van der Waals surface area contributed by atoms with Crippen molar-refractivity contribution < 1.29 is 4.74 Å². The molecule has 0 saturated carbocycles. The van der Waals surface area contributed by atoms with E-state index in [-0.39, 0.29) is 0 Å². The van der Waals surface area contributed by atoms with Crippen LogP contribution in [-0.4, -0.2) is 37.7 Å². The van der Waals surface area contributed by atoms with Crippen molar-refractivity contribution in [1.82, 2.24) is 10.2 Å². The van der Waals surface area contributed by atoms with Gasteiger partial charge in [0.25, 0.3) is 0 Å². The molecule has 1 rings (SSSR count). The summed E-state index contributed by atoms with van der Waals surface area (Å²) in [4.78, 5) is 2.30. The second-order valence-electron chi connectivity index (χ2n) is 6.75. The summed E-state index contributed by atoms with van der Waals surface area (Å²) in [6.07, 6.45) is 14.1. The molecule has 1 unspecified atom stereocenters. The predicted molar refractivity (Wildman–Crippen MR) is 105 cm³/mol. The van der Waals surface area contributed by atoms with Gasteiger partial charge in [0.2, 0.25) is 0 Å². The first-order valence-corrected chi connectivity index (χ1v) is 9.28. The molecular weight excluding hydrogens is 296 g/mol. The van der Waals surface area contributed by atoms with Gasteiger partial charge in [0, 0.05) is 24.7 Å². The molecule has 1 atom stereocenters. The maximum atomic E-state index is 5.88. The van der Waals surface area contributed by atoms with Crippen LogP contribution in [0.3, 0.4) is 0 Å². The average Bonchev–Trinajstić information content (AvgIpc) is 2.54. The number of allylic oxidation sites excluding steroid dienone is 4. The van der Waals surface area contributed by atoms with Crippen molar-refractivity contribution in [3.8, 4) is 0 Å². The van der Waals surface area contributed by atoms with Crippen LogP contribution in [0.5, 0.6) is 0 Å². The van der Waals surface area contributed by atoms with Crippen molar-refractivity contribution in [1.29, 1.82) is 0 Å². The van der Waals surface area contributed by atoms with Gasteiger partial charge >= 0.3 is 0 Å². The van der Waals surface area contributed by atoms with Crippen LogP contribution in [0.2, 0.25) is 0 Å². The highest BCUT2D eigenvalue weighted by Crippen LogP contribution is 2.22. The monoisotopic (exact) mass is 332 g/mol. The van der Waals surface area contributed by atoms with E-state index >= 15 is 0 Å². The highest BCUT2D eigenvalue weighted by Gasteiger charge is 2.11. The molecule has 0 radical (unpaired) electrons. The molecule has 1 N–H and O–H groups in total. The van der Waals surface area contributed by atoms with Gasteiger partial charge in [-0.15, -0.1) is 0 Å². The lowest BCUT2D eigenvalue weighted by Crippen LogP contribution is -2.32. The molecule has 0 spiro atoms. The van der Waals surface area contributed by atoms with E-state index in [2.05, 4.69) is 68.9 Å². The maximum Gasteiger partial charge on any atom is 0.109 e. The zero-order valence-corrected chi connectivity index (χ0v) is 16.1. The van der Waals surface area contributed by atoms with Crippen LogP contribution in [0.15, 0.2) is 47.9 Å². The van der Waals surface area contributed by atoms with Crippen molar-refractivity contribution in [3.05, 3.63) is 47.9 Å². The van der Waals surface area contributed by atoms with Crippen molar-refractivity contribution in [2.75, 3.05) is 26.7 Å². The summed E-state index contributed by atoms with van der Waals surface area (Å²) in [6.45, 7) is 13.4. The number of likely N-dealkylation sites (N-methyl/N-ethyl adjacent to an activating group) is 1. The number of rotatable bonds is 10. The predicted octanol–water partition coefficient (Wildman–Crippen LogP) is 4.80. The molecule has 1 aliphatic heterocycles. The summed E-state index contributed by atoms with van der Waals surface area (Å²) in [5, 5.41) is 3.50. The van der Waals surface area contributed by atoms with Crippen molar-refractivity contribution >= 4 is 0 Å². The Labute approximate surface area is 149 Å². The summed E-state index contributed by atoms with van der Waals surface area (Å²) in [5.74, 6) is 1.14. The van der Waals surface area contributed by atoms with Crippen LogP contribution in [0, 0.1) is 0 Å². The molecule has 0 aromatic carbocycles. The SMILES string of the molecule is C=C(CN(C)CCC)NC(C)C/C=C1\CC/C(=C\C/C=C/C)CO1. The number of nitrogens with zero attached hydrogens (tertiary/aromatic N) is 1. The molecule has 0 amide bonds. The average molecular weight is 333 g/mol. The summed E-state index contributed by atoms with van der Waals surface area (Å²) in [6, 6.07) is 0.384. The number of ether oxygens (including phenoxy) is 1. The molecule has 3 heteroatoms. The van der Waals surface area contributed by atoms with Gasteiger partial charge in [-0.25, -0.2) is 0 Å². The van der Waals surface area contributed by atoms with Crippen LogP contribution in [0.4, 0.5) is 0 Å². The van der Waals surface area contributed by atoms with E-state index < -0.39 is 0 Å². The second kappa shape index (κ2) is 12.0. The van der Waals surface area contributed by atoms with Crippen LogP contribution in [0.1, 0.15) is 52.9 Å². The Morgan fingerprint density at radius 3 is 2.79 bits per heavy atom. The quantitative estimate of drug-likeness (QED) is 0.582. The molecule has 3 nitrogen and oxygen atoms in total. The Hall–Kier alpha value is -1.48. The third-order valence-corrected chi connectivity index (χ3v) is 4.13. The minimum Gasteiger partial charge on any atom is -0.494 e. The second-order valence-corrected chi connectivity index (χ2v) is 6.75. The van der Waals surface area contributed by atoms with Crippen LogP contribution < -0.4 is 5.32 Å². The Kier molecular flexibility index (Phi) is 10.3. The summed E-state index contributed by atoms with van der Waals surface area (Å²) in [5.41, 5.74) is 2.51. The maximum absolute atomic E-state index is 5.88. The zero-order chi connectivity index (χ0) is 17.8. The lowest BCUT2D eigenvalue weighted by molar-refractivity contribution is 0.202. The Bertz CT molecular complexity index is 450. The standard InChI is InChI=1S/C21H36N2O/c1-6-8-9-10-20-12-14-21(24-17-20)13-11-18(3)22-19(4)16-23(5)15-7-2/h6,8,10,13,18,22H,4,7,9,11-12,14-17H2,1-3,5H3/b8-6+,20-10+,21-13+. The van der Waals surface area contributed by atoms with Crippen LogP contribution in [-0.2, 0) is 4.74 Å². The fourth-order valence-corrected chi connectivity index (χ4v) is 2.85. The van der Waals surface area contributed by atoms with Crippen molar-refractivity contribution in [2.24, 2.45) is 0 Å². The number of nitrogens with one attached hydrogen (secondary N) is 1. The summed E-state index contributed by atoms with van der Waals surface area (Å²) < 4.78 is 5.88. The lowest BCUT2D eigenvalue weighted by atomic mass is 10.0. The van der Waals surface area contributed by atoms with Gasteiger partial charge in [-0.1, -0.05) is 31.7 Å². The molecule has 0 aromatic heterocycles. The van der Waals surface area contributed by atoms with E-state index in [1.54, 1.807) is 0 Å². The Morgan fingerprint density at radius 2 is 2.17 bits per heavy atom. The fraction of sp³-hybridized carbons (Fsp3) is 0.619. The van der Waals surface area contributed by atoms with E-state index in [1.165, 1.54) is 12.0 Å². The molecule has 0 bridgehead atoms. The summed E-state index contributed by atoms with van der Waals surface area (Å²) >= 11 is 0. The van der Waals surface area contributed by atoms with E-state index in [9.17, 15) is 0 Å². The summed E-state index contributed by atoms with van der Waals surface area (Å²) in [7, 11) is 2.14. The third-order valence-electron chi connectivity index (χ3n) is 4.13. The van der Waals surface area contributed by atoms with E-state index in [0.29, 0.717) is 6.04 Å². The van der Waals surface area contributed by atoms with Crippen LogP contribution >= 0.6 is 0 Å². The largest absolute Gasteiger partial charge is 0.494 e. The van der Waals surface area contributed by atoms with Gasteiger partial charge in [0.15, 0.2) is 0 Å². The van der Waals surface area contributed by atoms with Gasteiger partial charge in [0.05, 0.1) is 5.76 Å². The highest BCUT2D eigenvalue weighted by atomic mass is 16.5. The minimum absolute atomic E-state index is 0.384. The molecular formula is C21H36N2O. The topological polar surface area (TPSA) is 24.5 Å². The first-order chi connectivity index (χ1) is 11.5. The molecule has 0 aliphatic carbocycles. The minimum atomic E-state index is 0.384. The molecule has 1 aliphatic rings. The lowest BCUT2D eigenvalue weighted by Gasteiger charge is -2.22. The number of hydrogen-bond donors (Lipinski definition) is 1. The Morgan fingerprint density at radius 1 is 1.38 bits per heavy atom. The molecule has 136 valence electrons. The van der Waals surface area contributed by atoms with Gasteiger partial charge in [-0.3, -0.25) is 0 Å². The normalized spacial score (nSPS) is 19.9. The fourth-order valence-electron chi connectivity index (χ4n) is 2.85. The highest BCUT2D eigenvalue weighted by molar-refractivity contribution is 5.13. The van der Waals surface area contributed by atoms with E-state index in [1.807, 2.05) is 0 Å². The van der Waals surface area contributed by atoms with Gasteiger partial charge < -0.3 is 15.0 Å². The zero-order valence-electron chi connectivity index (χ0n) is 16.1. The Balaban J connectivity index is 2.29. The van der Waals surface area contributed by atoms with Gasteiger partial charge in [-0.05, 0) is 64.8 Å².